The fourth-order valence-electron chi connectivity index (χ4n) is 3.53. The van der Waals surface area contributed by atoms with E-state index in [1.165, 1.54) is 29.2 Å². The zero-order valence-corrected chi connectivity index (χ0v) is 21.0. The molecule has 0 aliphatic rings. The van der Waals surface area contributed by atoms with Gasteiger partial charge in [-0.2, -0.15) is 0 Å². The van der Waals surface area contributed by atoms with E-state index in [0.717, 1.165) is 5.56 Å². The number of amides is 2. The quantitative estimate of drug-likeness (QED) is 0.377. The van der Waals surface area contributed by atoms with Crippen LogP contribution in [0, 0.1) is 5.82 Å². The molecule has 184 valence electrons. The van der Waals surface area contributed by atoms with Crippen LogP contribution in [-0.2, 0) is 22.6 Å². The number of benzene rings is 3. The first-order valence-electron chi connectivity index (χ1n) is 11.2. The van der Waals surface area contributed by atoms with Gasteiger partial charge in [0, 0.05) is 29.1 Å². The van der Waals surface area contributed by atoms with Crippen LogP contribution in [0.15, 0.2) is 72.8 Å². The van der Waals surface area contributed by atoms with Crippen molar-refractivity contribution >= 4 is 35.0 Å². The highest BCUT2D eigenvalue weighted by Gasteiger charge is 2.31. The van der Waals surface area contributed by atoms with E-state index in [4.69, 9.17) is 27.9 Å². The van der Waals surface area contributed by atoms with Gasteiger partial charge in [0.25, 0.3) is 5.91 Å². The number of hydrogen-bond donors (Lipinski definition) is 1. The number of hydrogen-bond acceptors (Lipinski definition) is 3. The van der Waals surface area contributed by atoms with Crippen LogP contribution in [0.25, 0.3) is 0 Å². The van der Waals surface area contributed by atoms with Gasteiger partial charge in [0.1, 0.15) is 17.6 Å². The van der Waals surface area contributed by atoms with Gasteiger partial charge in [-0.15, -0.1) is 0 Å². The molecule has 3 rings (SSSR count). The first kappa shape index (κ1) is 26.5. The molecule has 3 aromatic carbocycles. The monoisotopic (exact) mass is 516 g/mol. The van der Waals surface area contributed by atoms with E-state index in [0.29, 0.717) is 27.8 Å². The second-order valence-electron chi connectivity index (χ2n) is 8.37. The maximum Gasteiger partial charge on any atom is 0.261 e. The summed E-state index contributed by atoms with van der Waals surface area (Å²) in [7, 11) is 0. The van der Waals surface area contributed by atoms with Crippen LogP contribution in [0.2, 0.25) is 10.0 Å². The maximum absolute atomic E-state index is 13.5. The van der Waals surface area contributed by atoms with Crippen molar-refractivity contribution < 1.29 is 18.7 Å². The molecule has 0 radical (unpaired) electrons. The molecular weight excluding hydrogens is 490 g/mol. The number of carbonyl (C=O) groups excluding carboxylic acids is 2. The van der Waals surface area contributed by atoms with Gasteiger partial charge in [0.15, 0.2) is 6.61 Å². The molecule has 0 aromatic heterocycles. The van der Waals surface area contributed by atoms with E-state index in [-0.39, 0.29) is 25.1 Å². The van der Waals surface area contributed by atoms with Crippen molar-refractivity contribution in [3.8, 4) is 5.75 Å². The van der Waals surface area contributed by atoms with Crippen molar-refractivity contribution in [2.24, 2.45) is 0 Å². The Morgan fingerprint density at radius 1 is 1.00 bits per heavy atom. The molecule has 0 heterocycles. The normalized spacial score (nSPS) is 11.7. The molecule has 0 aliphatic carbocycles. The van der Waals surface area contributed by atoms with E-state index in [1.54, 1.807) is 18.2 Å². The largest absolute Gasteiger partial charge is 0.484 e. The lowest BCUT2D eigenvalue weighted by Crippen LogP contribution is -2.52. The lowest BCUT2D eigenvalue weighted by atomic mass is 10.0. The van der Waals surface area contributed by atoms with E-state index >= 15 is 0 Å². The third-order valence-corrected chi connectivity index (χ3v) is 5.82. The van der Waals surface area contributed by atoms with Crippen LogP contribution in [0.1, 0.15) is 25.0 Å². The van der Waals surface area contributed by atoms with Crippen LogP contribution in [0.5, 0.6) is 5.75 Å². The lowest BCUT2D eigenvalue weighted by Gasteiger charge is -2.32. The molecule has 0 saturated carbocycles. The minimum Gasteiger partial charge on any atom is -0.484 e. The molecule has 1 N–H and O–H groups in total. The fourth-order valence-corrected chi connectivity index (χ4v) is 4.00. The standard InChI is InChI=1S/C27H27Cl2FN2O3/c1-18(2)31-27(34)25(14-19-6-4-3-5-7-19)32(16-20-8-9-21(28)15-24(20)29)26(33)17-35-23-12-10-22(30)11-13-23/h3-13,15,18,25H,14,16-17H2,1-2H3,(H,31,34)/t25-/m0/s1. The Labute approximate surface area is 214 Å². The maximum atomic E-state index is 13.5. The summed E-state index contributed by atoms with van der Waals surface area (Å²) in [6, 6.07) is 18.9. The first-order chi connectivity index (χ1) is 16.7. The molecule has 0 bridgehead atoms. The van der Waals surface area contributed by atoms with Gasteiger partial charge in [-0.05, 0) is 61.4 Å². The highest BCUT2D eigenvalue weighted by Crippen LogP contribution is 2.24. The molecule has 1 atom stereocenters. The Kier molecular flexibility index (Phi) is 9.52. The van der Waals surface area contributed by atoms with Crippen molar-refractivity contribution in [2.75, 3.05) is 6.61 Å². The van der Waals surface area contributed by atoms with E-state index in [2.05, 4.69) is 5.32 Å². The number of nitrogens with zero attached hydrogens (tertiary/aromatic N) is 1. The molecule has 0 unspecified atom stereocenters. The number of halogens is 3. The Balaban J connectivity index is 1.93. The Morgan fingerprint density at radius 3 is 2.31 bits per heavy atom. The highest BCUT2D eigenvalue weighted by atomic mass is 35.5. The van der Waals surface area contributed by atoms with Crippen molar-refractivity contribution in [2.45, 2.75) is 38.9 Å². The number of rotatable bonds is 10. The average Bonchev–Trinajstić information content (AvgIpc) is 2.82. The van der Waals surface area contributed by atoms with E-state index in [9.17, 15) is 14.0 Å². The second kappa shape index (κ2) is 12.6. The minimum absolute atomic E-state index is 0.0740. The van der Waals surface area contributed by atoms with Crippen LogP contribution >= 0.6 is 23.2 Å². The van der Waals surface area contributed by atoms with Crippen LogP contribution in [-0.4, -0.2) is 35.4 Å². The number of carbonyl (C=O) groups is 2. The Morgan fingerprint density at radius 2 is 1.69 bits per heavy atom. The van der Waals surface area contributed by atoms with Crippen LogP contribution in [0.3, 0.4) is 0 Å². The average molecular weight is 517 g/mol. The van der Waals surface area contributed by atoms with Gasteiger partial charge in [-0.1, -0.05) is 59.6 Å². The molecule has 5 nitrogen and oxygen atoms in total. The zero-order valence-electron chi connectivity index (χ0n) is 19.5. The fraction of sp³-hybridized carbons (Fsp3) is 0.259. The summed E-state index contributed by atoms with van der Waals surface area (Å²) < 4.78 is 18.8. The molecule has 0 aliphatic heterocycles. The zero-order chi connectivity index (χ0) is 25.4. The topological polar surface area (TPSA) is 58.6 Å². The van der Waals surface area contributed by atoms with Crippen molar-refractivity contribution in [1.29, 1.82) is 0 Å². The summed E-state index contributed by atoms with van der Waals surface area (Å²) >= 11 is 12.5. The van der Waals surface area contributed by atoms with Crippen molar-refractivity contribution in [3.63, 3.8) is 0 Å². The van der Waals surface area contributed by atoms with Crippen molar-refractivity contribution in [1.82, 2.24) is 10.2 Å². The summed E-state index contributed by atoms with van der Waals surface area (Å²) in [5.41, 5.74) is 1.54. The number of ether oxygens (including phenoxy) is 1. The molecule has 3 aromatic rings. The molecule has 0 saturated heterocycles. The lowest BCUT2D eigenvalue weighted by molar-refractivity contribution is -0.143. The van der Waals surface area contributed by atoms with Gasteiger partial charge in [0.2, 0.25) is 5.91 Å². The second-order valence-corrected chi connectivity index (χ2v) is 9.21. The predicted molar refractivity (Wildman–Crippen MR) is 136 cm³/mol. The smallest absolute Gasteiger partial charge is 0.261 e. The summed E-state index contributed by atoms with van der Waals surface area (Å²) in [5, 5.41) is 3.77. The minimum atomic E-state index is -0.823. The van der Waals surface area contributed by atoms with Gasteiger partial charge in [-0.3, -0.25) is 9.59 Å². The van der Waals surface area contributed by atoms with Gasteiger partial charge >= 0.3 is 0 Å². The van der Waals surface area contributed by atoms with Crippen LogP contribution < -0.4 is 10.1 Å². The highest BCUT2D eigenvalue weighted by molar-refractivity contribution is 6.35. The van der Waals surface area contributed by atoms with Gasteiger partial charge in [0.05, 0.1) is 0 Å². The Bertz CT molecular complexity index is 1140. The molecule has 0 spiro atoms. The molecule has 0 fully saturated rings. The molecule has 2 amide bonds. The van der Waals surface area contributed by atoms with E-state index < -0.39 is 17.8 Å². The van der Waals surface area contributed by atoms with Gasteiger partial charge in [-0.25, -0.2) is 4.39 Å². The predicted octanol–water partition coefficient (Wildman–Crippen LogP) is 5.68. The van der Waals surface area contributed by atoms with Crippen molar-refractivity contribution in [3.05, 3.63) is 99.8 Å². The molecule has 35 heavy (non-hydrogen) atoms. The van der Waals surface area contributed by atoms with E-state index in [1.807, 2.05) is 44.2 Å². The summed E-state index contributed by atoms with van der Waals surface area (Å²) in [6.45, 7) is 3.45. The summed E-state index contributed by atoms with van der Waals surface area (Å²) in [6.07, 6.45) is 0.299. The third-order valence-electron chi connectivity index (χ3n) is 5.23. The molecular formula is C27H27Cl2FN2O3. The first-order valence-corrected chi connectivity index (χ1v) is 11.9. The SMILES string of the molecule is CC(C)NC(=O)[C@H](Cc1ccccc1)N(Cc1ccc(Cl)cc1Cl)C(=O)COc1ccc(F)cc1. The summed E-state index contributed by atoms with van der Waals surface area (Å²) in [5.74, 6) is -0.768. The van der Waals surface area contributed by atoms with Gasteiger partial charge < -0.3 is 15.0 Å². The molecule has 8 heteroatoms. The summed E-state index contributed by atoms with van der Waals surface area (Å²) in [4.78, 5) is 28.2. The third kappa shape index (κ3) is 7.98. The van der Waals surface area contributed by atoms with Crippen LogP contribution in [0.4, 0.5) is 4.39 Å². The number of nitrogens with one attached hydrogen (secondary N) is 1. The Hall–Kier alpha value is -3.09.